The second kappa shape index (κ2) is 3.69. The molecule has 0 unspecified atom stereocenters. The first-order valence-corrected chi connectivity index (χ1v) is 5.13. The van der Waals surface area contributed by atoms with E-state index in [0.717, 1.165) is 4.57 Å². The number of hydrogen-bond donors (Lipinski definition) is 0. The molecule has 2 rings (SSSR count). The molecule has 7 nitrogen and oxygen atoms in total. The van der Waals surface area contributed by atoms with Crippen LogP contribution in [0.2, 0.25) is 0 Å². The average molecular weight is 235 g/mol. The lowest BCUT2D eigenvalue weighted by Gasteiger charge is -2.21. The van der Waals surface area contributed by atoms with Crippen molar-refractivity contribution in [2.75, 3.05) is 0 Å². The standard InChI is InChI=1S/C10H13N5O2/c1-10(2,3)15-8(16)11-7-13(9(15)17)14-6-4-5-12-14/h4-7H,1-3H3. The van der Waals surface area contributed by atoms with Gasteiger partial charge in [0.05, 0.1) is 6.20 Å². The molecular formula is C10H13N5O2. The van der Waals surface area contributed by atoms with Gasteiger partial charge in [0, 0.05) is 11.7 Å². The smallest absolute Gasteiger partial charge is 0.245 e. The van der Waals surface area contributed by atoms with Crippen molar-refractivity contribution in [1.29, 1.82) is 0 Å². The molecule has 7 heteroatoms. The Hall–Kier alpha value is -2.18. The van der Waals surface area contributed by atoms with Crippen molar-refractivity contribution in [2.45, 2.75) is 26.3 Å². The van der Waals surface area contributed by atoms with E-state index in [4.69, 9.17) is 0 Å². The summed E-state index contributed by atoms with van der Waals surface area (Å²) >= 11 is 0. The Labute approximate surface area is 96.9 Å². The zero-order valence-electron chi connectivity index (χ0n) is 9.86. The predicted molar refractivity (Wildman–Crippen MR) is 60.8 cm³/mol. The molecule has 2 aromatic heterocycles. The highest BCUT2D eigenvalue weighted by molar-refractivity contribution is 4.85. The van der Waals surface area contributed by atoms with Gasteiger partial charge in [0.25, 0.3) is 0 Å². The van der Waals surface area contributed by atoms with Gasteiger partial charge in [0.1, 0.15) is 6.33 Å². The molecule has 0 amide bonds. The summed E-state index contributed by atoms with van der Waals surface area (Å²) in [6, 6.07) is 1.68. The summed E-state index contributed by atoms with van der Waals surface area (Å²) in [5.74, 6) is 0. The third-order valence-corrected chi connectivity index (χ3v) is 2.24. The van der Waals surface area contributed by atoms with Crippen molar-refractivity contribution in [3.63, 3.8) is 0 Å². The van der Waals surface area contributed by atoms with Crippen LogP contribution in [0.1, 0.15) is 20.8 Å². The van der Waals surface area contributed by atoms with Crippen LogP contribution in [0.5, 0.6) is 0 Å². The van der Waals surface area contributed by atoms with Crippen molar-refractivity contribution in [3.8, 4) is 0 Å². The lowest BCUT2D eigenvalue weighted by molar-refractivity contribution is 0.334. The van der Waals surface area contributed by atoms with E-state index >= 15 is 0 Å². The number of nitrogens with zero attached hydrogens (tertiary/aromatic N) is 5. The highest BCUT2D eigenvalue weighted by Gasteiger charge is 2.20. The first kappa shape index (κ1) is 11.3. The summed E-state index contributed by atoms with van der Waals surface area (Å²) in [6.07, 6.45) is 4.30. The van der Waals surface area contributed by atoms with E-state index in [9.17, 15) is 9.59 Å². The van der Waals surface area contributed by atoms with Crippen LogP contribution in [-0.4, -0.2) is 24.1 Å². The van der Waals surface area contributed by atoms with Crippen LogP contribution in [0.25, 0.3) is 0 Å². The maximum atomic E-state index is 12.2. The van der Waals surface area contributed by atoms with Crippen LogP contribution in [-0.2, 0) is 5.54 Å². The molecule has 0 spiro atoms. The Morgan fingerprint density at radius 2 is 1.94 bits per heavy atom. The summed E-state index contributed by atoms with van der Waals surface area (Å²) in [5.41, 5.74) is -1.66. The minimum atomic E-state index is -0.628. The van der Waals surface area contributed by atoms with Gasteiger partial charge in [-0.3, -0.25) is 0 Å². The average Bonchev–Trinajstić information content (AvgIpc) is 2.68. The van der Waals surface area contributed by atoms with Gasteiger partial charge < -0.3 is 0 Å². The van der Waals surface area contributed by atoms with Gasteiger partial charge in [-0.25, -0.2) is 14.2 Å². The van der Waals surface area contributed by atoms with Crippen molar-refractivity contribution in [2.24, 2.45) is 0 Å². The monoisotopic (exact) mass is 235 g/mol. The summed E-state index contributed by atoms with van der Waals surface area (Å²) in [5, 5.41) is 3.92. The van der Waals surface area contributed by atoms with Crippen molar-refractivity contribution >= 4 is 0 Å². The molecule has 0 aliphatic carbocycles. The van der Waals surface area contributed by atoms with Crippen LogP contribution in [0.15, 0.2) is 34.4 Å². The first-order valence-electron chi connectivity index (χ1n) is 5.13. The minimum Gasteiger partial charge on any atom is -0.245 e. The van der Waals surface area contributed by atoms with Gasteiger partial charge in [-0.05, 0) is 26.8 Å². The molecular weight excluding hydrogens is 222 g/mol. The summed E-state index contributed by atoms with van der Waals surface area (Å²) in [7, 11) is 0. The normalized spacial score (nSPS) is 11.7. The molecule has 2 aromatic rings. The molecule has 0 saturated carbocycles. The Kier molecular flexibility index (Phi) is 2.45. The van der Waals surface area contributed by atoms with E-state index < -0.39 is 16.9 Å². The Bertz CT molecular complexity index is 630. The van der Waals surface area contributed by atoms with E-state index in [1.165, 1.54) is 15.8 Å². The largest absolute Gasteiger partial charge is 0.354 e. The van der Waals surface area contributed by atoms with Crippen molar-refractivity contribution in [1.82, 2.24) is 24.1 Å². The molecule has 0 radical (unpaired) electrons. The lowest BCUT2D eigenvalue weighted by Crippen LogP contribution is -2.49. The summed E-state index contributed by atoms with van der Waals surface area (Å²) in [4.78, 5) is 28.8. The zero-order chi connectivity index (χ0) is 12.6. The molecule has 2 heterocycles. The van der Waals surface area contributed by atoms with E-state index in [1.54, 1.807) is 39.2 Å². The lowest BCUT2D eigenvalue weighted by atomic mass is 10.1. The summed E-state index contributed by atoms with van der Waals surface area (Å²) in [6.45, 7) is 5.31. The van der Waals surface area contributed by atoms with E-state index in [1.807, 2.05) is 0 Å². The fraction of sp³-hybridized carbons (Fsp3) is 0.400. The molecule has 0 N–H and O–H groups in total. The van der Waals surface area contributed by atoms with Crippen molar-refractivity contribution in [3.05, 3.63) is 45.8 Å². The highest BCUT2D eigenvalue weighted by atomic mass is 16.2. The summed E-state index contributed by atoms with van der Waals surface area (Å²) < 4.78 is 2.27. The Morgan fingerprint density at radius 3 is 2.47 bits per heavy atom. The van der Waals surface area contributed by atoms with Crippen LogP contribution in [0.4, 0.5) is 0 Å². The van der Waals surface area contributed by atoms with Gasteiger partial charge in [-0.1, -0.05) is 0 Å². The fourth-order valence-corrected chi connectivity index (χ4v) is 1.50. The van der Waals surface area contributed by atoms with E-state index in [0.29, 0.717) is 0 Å². The third kappa shape index (κ3) is 1.91. The maximum absolute atomic E-state index is 12.2. The first-order chi connectivity index (χ1) is 7.91. The topological polar surface area (TPSA) is 74.7 Å². The molecule has 0 bridgehead atoms. The molecule has 17 heavy (non-hydrogen) atoms. The van der Waals surface area contributed by atoms with Gasteiger partial charge >= 0.3 is 11.4 Å². The number of aromatic nitrogens is 5. The van der Waals surface area contributed by atoms with Crippen molar-refractivity contribution < 1.29 is 0 Å². The Balaban J connectivity index is 2.76. The quantitative estimate of drug-likeness (QED) is 0.678. The minimum absolute atomic E-state index is 0.471. The second-order valence-electron chi connectivity index (χ2n) is 4.59. The van der Waals surface area contributed by atoms with Gasteiger partial charge in [0.2, 0.25) is 0 Å². The molecule has 0 atom stereocenters. The molecule has 0 aromatic carbocycles. The zero-order valence-corrected chi connectivity index (χ0v) is 9.86. The van der Waals surface area contributed by atoms with Crippen LogP contribution in [0, 0.1) is 0 Å². The highest BCUT2D eigenvalue weighted by Crippen LogP contribution is 2.06. The van der Waals surface area contributed by atoms with E-state index in [-0.39, 0.29) is 0 Å². The van der Waals surface area contributed by atoms with E-state index in [2.05, 4.69) is 10.1 Å². The molecule has 0 saturated heterocycles. The van der Waals surface area contributed by atoms with Gasteiger partial charge in [-0.2, -0.15) is 19.5 Å². The Morgan fingerprint density at radius 1 is 1.24 bits per heavy atom. The van der Waals surface area contributed by atoms with Gasteiger partial charge in [0.15, 0.2) is 0 Å². The maximum Gasteiger partial charge on any atom is 0.354 e. The fourth-order valence-electron chi connectivity index (χ4n) is 1.50. The number of hydrogen-bond acceptors (Lipinski definition) is 4. The molecule has 0 aliphatic rings. The van der Waals surface area contributed by atoms with Gasteiger partial charge in [-0.15, -0.1) is 0 Å². The SMILES string of the molecule is CC(C)(C)n1c(=O)ncn(-n2cccn2)c1=O. The second-order valence-corrected chi connectivity index (χ2v) is 4.59. The predicted octanol–water partition coefficient (Wildman–Crippen LogP) is -0.332. The third-order valence-electron chi connectivity index (χ3n) is 2.24. The van der Waals surface area contributed by atoms with Crippen LogP contribution < -0.4 is 11.4 Å². The van der Waals surface area contributed by atoms with Crippen LogP contribution >= 0.6 is 0 Å². The number of rotatable bonds is 1. The van der Waals surface area contributed by atoms with Crippen LogP contribution in [0.3, 0.4) is 0 Å². The molecule has 0 aliphatic heterocycles. The molecule has 0 fully saturated rings. The molecule has 90 valence electrons.